The molecule has 124 valence electrons. The molecule has 0 aliphatic heterocycles. The Hall–Kier alpha value is -2.81. The van der Waals surface area contributed by atoms with Crippen LogP contribution in [0.2, 0.25) is 0 Å². The number of urea groups is 1. The van der Waals surface area contributed by atoms with Crippen LogP contribution in [0.1, 0.15) is 29.0 Å². The second kappa shape index (κ2) is 6.75. The molecule has 3 aromatic rings. The molecule has 0 saturated heterocycles. The molecule has 1 aromatic carbocycles. The van der Waals surface area contributed by atoms with Crippen molar-refractivity contribution < 1.29 is 13.7 Å². The lowest BCUT2D eigenvalue weighted by Crippen LogP contribution is -2.34. The number of carbonyl (C=O) groups is 1. The number of aryl methyl sites for hydroxylation is 2. The average Bonchev–Trinajstić information content (AvgIpc) is 3.14. The van der Waals surface area contributed by atoms with Gasteiger partial charge in [0.2, 0.25) is 5.89 Å². The Bertz CT molecular complexity index is 863. The molecule has 2 heterocycles. The molecule has 0 fully saturated rings. The number of hydrogen-bond acceptors (Lipinski definition) is 6. The minimum Gasteiger partial charge on any atom is -0.340 e. The fourth-order valence-electron chi connectivity index (χ4n) is 2.12. The van der Waals surface area contributed by atoms with E-state index in [2.05, 4.69) is 25.1 Å². The van der Waals surface area contributed by atoms with Crippen LogP contribution in [0.5, 0.6) is 0 Å². The van der Waals surface area contributed by atoms with Crippen molar-refractivity contribution in [2.75, 3.05) is 5.32 Å². The summed E-state index contributed by atoms with van der Waals surface area (Å²) in [6, 6.07) is 6.44. The van der Waals surface area contributed by atoms with Gasteiger partial charge in [-0.05, 0) is 30.6 Å². The Labute approximate surface area is 141 Å². The van der Waals surface area contributed by atoms with Crippen molar-refractivity contribution in [2.45, 2.75) is 19.9 Å². The Morgan fingerprint density at radius 3 is 2.75 bits per heavy atom. The van der Waals surface area contributed by atoms with Gasteiger partial charge >= 0.3 is 6.03 Å². The van der Waals surface area contributed by atoms with E-state index in [0.717, 1.165) is 17.2 Å². The minimum absolute atomic E-state index is 0.174. The number of anilines is 1. The molecule has 0 aliphatic carbocycles. The number of benzene rings is 1. The SMILES string of the molecule is Cc1cc(NC(=O)N[C@H](c2noc(C)n2)c2ccccc2F)sn1. The van der Waals surface area contributed by atoms with Crippen molar-refractivity contribution in [1.29, 1.82) is 0 Å². The number of nitrogens with one attached hydrogen (secondary N) is 2. The fraction of sp³-hybridized carbons (Fsp3) is 0.200. The lowest BCUT2D eigenvalue weighted by molar-refractivity contribution is 0.249. The summed E-state index contributed by atoms with van der Waals surface area (Å²) in [5.41, 5.74) is 1.05. The van der Waals surface area contributed by atoms with E-state index in [1.165, 1.54) is 6.07 Å². The highest BCUT2D eigenvalue weighted by atomic mass is 32.1. The first kappa shape index (κ1) is 16.1. The van der Waals surface area contributed by atoms with Crippen LogP contribution in [-0.4, -0.2) is 20.5 Å². The number of nitrogens with zero attached hydrogens (tertiary/aromatic N) is 3. The largest absolute Gasteiger partial charge is 0.340 e. The van der Waals surface area contributed by atoms with E-state index in [-0.39, 0.29) is 11.4 Å². The monoisotopic (exact) mass is 347 g/mol. The first-order valence-electron chi connectivity index (χ1n) is 7.08. The Kier molecular flexibility index (Phi) is 4.52. The maximum atomic E-state index is 14.1. The number of amides is 2. The predicted octanol–water partition coefficient (Wildman–Crippen LogP) is 3.19. The normalized spacial score (nSPS) is 12.0. The molecule has 24 heavy (non-hydrogen) atoms. The van der Waals surface area contributed by atoms with Gasteiger partial charge in [-0.15, -0.1) is 0 Å². The molecule has 9 heteroatoms. The summed E-state index contributed by atoms with van der Waals surface area (Å²) >= 11 is 1.16. The predicted molar refractivity (Wildman–Crippen MR) is 86.3 cm³/mol. The third-order valence-electron chi connectivity index (χ3n) is 3.16. The zero-order valence-electron chi connectivity index (χ0n) is 12.9. The molecule has 2 aromatic heterocycles. The van der Waals surface area contributed by atoms with Crippen LogP contribution in [0.25, 0.3) is 0 Å². The van der Waals surface area contributed by atoms with Gasteiger partial charge in [-0.3, -0.25) is 5.32 Å². The van der Waals surface area contributed by atoms with Crippen LogP contribution in [-0.2, 0) is 0 Å². The summed E-state index contributed by atoms with van der Waals surface area (Å²) in [7, 11) is 0. The maximum absolute atomic E-state index is 14.1. The minimum atomic E-state index is -0.877. The molecule has 2 amide bonds. The lowest BCUT2D eigenvalue weighted by Gasteiger charge is -2.16. The zero-order chi connectivity index (χ0) is 17.1. The third kappa shape index (κ3) is 3.57. The van der Waals surface area contributed by atoms with E-state index in [0.29, 0.717) is 10.9 Å². The van der Waals surface area contributed by atoms with E-state index in [1.807, 2.05) is 6.92 Å². The summed E-state index contributed by atoms with van der Waals surface area (Å²) in [4.78, 5) is 16.3. The van der Waals surface area contributed by atoms with Crippen LogP contribution >= 0.6 is 11.5 Å². The molecule has 0 radical (unpaired) electrons. The first-order valence-corrected chi connectivity index (χ1v) is 7.86. The topological polar surface area (TPSA) is 92.9 Å². The standard InChI is InChI=1S/C15H14FN5O2S/c1-8-7-12(24-21-8)18-15(22)19-13(14-17-9(2)23-20-14)10-5-3-4-6-11(10)16/h3-7,13H,1-2H3,(H2,18,19,22)/t13-/m0/s1. The molecule has 7 nitrogen and oxygen atoms in total. The molecule has 0 spiro atoms. The number of carbonyl (C=O) groups excluding carboxylic acids is 1. The molecule has 0 unspecified atom stereocenters. The Morgan fingerprint density at radius 2 is 2.12 bits per heavy atom. The van der Waals surface area contributed by atoms with Crippen molar-refractivity contribution in [3.63, 3.8) is 0 Å². The summed E-state index contributed by atoms with van der Waals surface area (Å²) in [6.07, 6.45) is 0. The van der Waals surface area contributed by atoms with Gasteiger partial charge in [0, 0.05) is 12.5 Å². The van der Waals surface area contributed by atoms with E-state index < -0.39 is 17.9 Å². The van der Waals surface area contributed by atoms with Crippen molar-refractivity contribution in [3.8, 4) is 0 Å². The second-order valence-corrected chi connectivity index (χ2v) is 5.86. The summed E-state index contributed by atoms with van der Waals surface area (Å²) in [5, 5.41) is 9.70. The maximum Gasteiger partial charge on any atom is 0.320 e. The smallest absolute Gasteiger partial charge is 0.320 e. The van der Waals surface area contributed by atoms with E-state index in [1.54, 1.807) is 31.2 Å². The average molecular weight is 347 g/mol. The number of aromatic nitrogens is 3. The molecule has 0 aliphatic rings. The van der Waals surface area contributed by atoms with Crippen LogP contribution in [0, 0.1) is 19.7 Å². The highest BCUT2D eigenvalue weighted by molar-refractivity contribution is 7.10. The molecule has 0 bridgehead atoms. The molecule has 2 N–H and O–H groups in total. The number of rotatable bonds is 4. The van der Waals surface area contributed by atoms with Gasteiger partial charge in [0.25, 0.3) is 0 Å². The van der Waals surface area contributed by atoms with Gasteiger partial charge in [-0.1, -0.05) is 23.4 Å². The molecule has 0 saturated carbocycles. The van der Waals surface area contributed by atoms with E-state index in [4.69, 9.17) is 4.52 Å². The summed E-state index contributed by atoms with van der Waals surface area (Å²) < 4.78 is 23.2. The zero-order valence-corrected chi connectivity index (χ0v) is 13.7. The van der Waals surface area contributed by atoms with Gasteiger partial charge in [0.1, 0.15) is 16.9 Å². The van der Waals surface area contributed by atoms with Crippen LogP contribution in [0.15, 0.2) is 34.9 Å². The quantitative estimate of drug-likeness (QED) is 0.756. The summed E-state index contributed by atoms with van der Waals surface area (Å²) in [6.45, 7) is 3.44. The van der Waals surface area contributed by atoms with Crippen molar-refractivity contribution in [2.24, 2.45) is 0 Å². The Morgan fingerprint density at radius 1 is 1.33 bits per heavy atom. The van der Waals surface area contributed by atoms with Gasteiger partial charge in [-0.25, -0.2) is 9.18 Å². The van der Waals surface area contributed by atoms with Gasteiger partial charge in [0.05, 0.1) is 5.69 Å². The molecule has 1 atom stereocenters. The number of hydrogen-bond donors (Lipinski definition) is 2. The van der Waals surface area contributed by atoms with Gasteiger partial charge in [0.15, 0.2) is 5.82 Å². The Balaban J connectivity index is 1.85. The molecule has 3 rings (SSSR count). The lowest BCUT2D eigenvalue weighted by atomic mass is 10.1. The summed E-state index contributed by atoms with van der Waals surface area (Å²) in [5.74, 6) is 0.0266. The van der Waals surface area contributed by atoms with Crippen LogP contribution < -0.4 is 10.6 Å². The van der Waals surface area contributed by atoms with Crippen molar-refractivity contribution in [1.82, 2.24) is 19.8 Å². The van der Waals surface area contributed by atoms with E-state index in [9.17, 15) is 9.18 Å². The van der Waals surface area contributed by atoms with Crippen molar-refractivity contribution in [3.05, 3.63) is 59.1 Å². The van der Waals surface area contributed by atoms with Crippen LogP contribution in [0.4, 0.5) is 14.2 Å². The fourth-order valence-corrected chi connectivity index (χ4v) is 2.78. The first-order chi connectivity index (χ1) is 11.5. The highest BCUT2D eigenvalue weighted by Gasteiger charge is 2.24. The second-order valence-electron chi connectivity index (χ2n) is 5.06. The van der Waals surface area contributed by atoms with Gasteiger partial charge in [-0.2, -0.15) is 9.36 Å². The number of halogens is 1. The van der Waals surface area contributed by atoms with Gasteiger partial charge < -0.3 is 9.84 Å². The van der Waals surface area contributed by atoms with Crippen LogP contribution in [0.3, 0.4) is 0 Å². The molecular weight excluding hydrogens is 333 g/mol. The highest BCUT2D eigenvalue weighted by Crippen LogP contribution is 2.23. The third-order valence-corrected chi connectivity index (χ3v) is 3.95. The van der Waals surface area contributed by atoms with Crippen molar-refractivity contribution >= 4 is 22.6 Å². The molecular formula is C15H14FN5O2S. The van der Waals surface area contributed by atoms with E-state index >= 15 is 0 Å².